The third-order valence-electron chi connectivity index (χ3n) is 3.22. The lowest BCUT2D eigenvalue weighted by Gasteiger charge is -2.12. The predicted octanol–water partition coefficient (Wildman–Crippen LogP) is 3.33. The SMILES string of the molecule is Cc1ccc(Br)c(NS(=O)(=O)c2ccc(C)c(CN)c2)c1. The Bertz CT molecular complexity index is 773. The molecule has 0 saturated carbocycles. The van der Waals surface area contributed by atoms with Gasteiger partial charge in [-0.05, 0) is 70.7 Å². The van der Waals surface area contributed by atoms with E-state index in [4.69, 9.17) is 5.73 Å². The van der Waals surface area contributed by atoms with Crippen LogP contribution < -0.4 is 10.5 Å². The van der Waals surface area contributed by atoms with Crippen LogP contribution in [0, 0.1) is 13.8 Å². The Morgan fingerprint density at radius 2 is 1.86 bits per heavy atom. The van der Waals surface area contributed by atoms with Crippen molar-refractivity contribution < 1.29 is 8.42 Å². The Hall–Kier alpha value is -1.37. The van der Waals surface area contributed by atoms with E-state index >= 15 is 0 Å². The summed E-state index contributed by atoms with van der Waals surface area (Å²) in [5.41, 5.74) is 8.93. The van der Waals surface area contributed by atoms with Crippen molar-refractivity contribution in [1.29, 1.82) is 0 Å². The molecule has 0 fully saturated rings. The summed E-state index contributed by atoms with van der Waals surface area (Å²) in [6.45, 7) is 4.12. The minimum atomic E-state index is -3.64. The van der Waals surface area contributed by atoms with Crippen LogP contribution in [0.1, 0.15) is 16.7 Å². The highest BCUT2D eigenvalue weighted by Gasteiger charge is 2.16. The van der Waals surface area contributed by atoms with Gasteiger partial charge in [0.1, 0.15) is 0 Å². The van der Waals surface area contributed by atoms with Gasteiger partial charge in [0.15, 0.2) is 0 Å². The van der Waals surface area contributed by atoms with E-state index in [-0.39, 0.29) is 4.90 Å². The highest BCUT2D eigenvalue weighted by molar-refractivity contribution is 9.10. The van der Waals surface area contributed by atoms with Gasteiger partial charge in [-0.3, -0.25) is 4.72 Å². The number of hydrogen-bond acceptors (Lipinski definition) is 3. The lowest BCUT2D eigenvalue weighted by atomic mass is 10.1. The topological polar surface area (TPSA) is 72.2 Å². The Morgan fingerprint density at radius 1 is 1.14 bits per heavy atom. The van der Waals surface area contributed by atoms with E-state index < -0.39 is 10.0 Å². The fourth-order valence-corrected chi connectivity index (χ4v) is 3.55. The summed E-state index contributed by atoms with van der Waals surface area (Å²) < 4.78 is 28.2. The lowest BCUT2D eigenvalue weighted by molar-refractivity contribution is 0.601. The van der Waals surface area contributed by atoms with Crippen molar-refractivity contribution >= 4 is 31.6 Å². The maximum absolute atomic E-state index is 12.5. The standard InChI is InChI=1S/C15H17BrN2O2S/c1-10-3-6-14(16)15(7-10)18-21(19,20)13-5-4-11(2)12(8-13)9-17/h3-8,18H,9,17H2,1-2H3. The Labute approximate surface area is 133 Å². The van der Waals surface area contributed by atoms with Gasteiger partial charge in [-0.15, -0.1) is 0 Å². The predicted molar refractivity (Wildman–Crippen MR) is 88.8 cm³/mol. The molecule has 0 atom stereocenters. The largest absolute Gasteiger partial charge is 0.326 e. The summed E-state index contributed by atoms with van der Waals surface area (Å²) in [5, 5.41) is 0. The van der Waals surface area contributed by atoms with E-state index in [0.717, 1.165) is 16.7 Å². The van der Waals surface area contributed by atoms with E-state index in [1.54, 1.807) is 24.3 Å². The number of rotatable bonds is 4. The van der Waals surface area contributed by atoms with Gasteiger partial charge in [-0.2, -0.15) is 0 Å². The number of nitrogens with one attached hydrogen (secondary N) is 1. The number of sulfonamides is 1. The molecule has 0 bridgehead atoms. The van der Waals surface area contributed by atoms with Crippen LogP contribution in [0.25, 0.3) is 0 Å². The summed E-state index contributed by atoms with van der Waals surface area (Å²) in [7, 11) is -3.64. The fourth-order valence-electron chi connectivity index (χ4n) is 1.96. The minimum absolute atomic E-state index is 0.210. The minimum Gasteiger partial charge on any atom is -0.326 e. The number of hydrogen-bond donors (Lipinski definition) is 2. The average Bonchev–Trinajstić information content (AvgIpc) is 2.43. The third-order valence-corrected chi connectivity index (χ3v) is 5.27. The molecule has 2 aromatic rings. The van der Waals surface area contributed by atoms with Crippen molar-refractivity contribution in [3.8, 4) is 0 Å². The smallest absolute Gasteiger partial charge is 0.261 e. The van der Waals surface area contributed by atoms with E-state index in [1.807, 2.05) is 26.0 Å². The van der Waals surface area contributed by atoms with Crippen molar-refractivity contribution in [1.82, 2.24) is 0 Å². The zero-order valence-corrected chi connectivity index (χ0v) is 14.3. The van der Waals surface area contributed by atoms with Crippen LogP contribution in [0.3, 0.4) is 0 Å². The molecule has 0 saturated heterocycles. The molecule has 0 aliphatic rings. The first-order valence-electron chi connectivity index (χ1n) is 6.42. The Kier molecular flexibility index (Phi) is 4.70. The van der Waals surface area contributed by atoms with Crippen molar-refractivity contribution in [2.75, 3.05) is 4.72 Å². The fraction of sp³-hybridized carbons (Fsp3) is 0.200. The lowest BCUT2D eigenvalue weighted by Crippen LogP contribution is -2.14. The Balaban J connectivity index is 2.41. The first kappa shape index (κ1) is 16.0. The Morgan fingerprint density at radius 3 is 2.52 bits per heavy atom. The van der Waals surface area contributed by atoms with E-state index in [1.165, 1.54) is 0 Å². The summed E-state index contributed by atoms with van der Waals surface area (Å²) in [5.74, 6) is 0. The van der Waals surface area contributed by atoms with E-state index in [9.17, 15) is 8.42 Å². The van der Waals surface area contributed by atoms with Crippen LogP contribution in [0.5, 0.6) is 0 Å². The molecule has 0 unspecified atom stereocenters. The van der Waals surface area contributed by atoms with Gasteiger partial charge in [0.2, 0.25) is 0 Å². The van der Waals surface area contributed by atoms with Crippen molar-refractivity contribution in [3.05, 3.63) is 57.6 Å². The number of halogens is 1. The molecule has 0 amide bonds. The van der Waals surface area contributed by atoms with Crippen LogP contribution >= 0.6 is 15.9 Å². The first-order valence-corrected chi connectivity index (χ1v) is 8.69. The molecule has 2 aromatic carbocycles. The molecule has 4 nitrogen and oxygen atoms in total. The second kappa shape index (κ2) is 6.17. The van der Waals surface area contributed by atoms with Gasteiger partial charge in [0.25, 0.3) is 10.0 Å². The summed E-state index contributed by atoms with van der Waals surface area (Å²) in [6.07, 6.45) is 0. The second-order valence-corrected chi connectivity index (χ2v) is 7.42. The van der Waals surface area contributed by atoms with Crippen LogP contribution in [-0.4, -0.2) is 8.42 Å². The molecule has 0 heterocycles. The van der Waals surface area contributed by atoms with Crippen molar-refractivity contribution in [3.63, 3.8) is 0 Å². The molecule has 112 valence electrons. The van der Waals surface area contributed by atoms with Gasteiger partial charge in [0.05, 0.1) is 10.6 Å². The zero-order valence-electron chi connectivity index (χ0n) is 11.9. The summed E-state index contributed by atoms with van der Waals surface area (Å²) in [4.78, 5) is 0.210. The van der Waals surface area contributed by atoms with Crippen LogP contribution in [-0.2, 0) is 16.6 Å². The molecule has 21 heavy (non-hydrogen) atoms. The average molecular weight is 369 g/mol. The molecular formula is C15H17BrN2O2S. The van der Waals surface area contributed by atoms with Crippen LogP contribution in [0.15, 0.2) is 45.8 Å². The monoisotopic (exact) mass is 368 g/mol. The summed E-state index contributed by atoms with van der Waals surface area (Å²) in [6, 6.07) is 10.5. The van der Waals surface area contributed by atoms with Crippen LogP contribution in [0.4, 0.5) is 5.69 Å². The number of benzene rings is 2. The maximum atomic E-state index is 12.5. The van der Waals surface area contributed by atoms with Gasteiger partial charge in [-0.1, -0.05) is 12.1 Å². The second-order valence-electron chi connectivity index (χ2n) is 4.88. The molecule has 0 aliphatic carbocycles. The number of nitrogens with two attached hydrogens (primary N) is 1. The highest BCUT2D eigenvalue weighted by Crippen LogP contribution is 2.26. The molecule has 0 aromatic heterocycles. The van der Waals surface area contributed by atoms with Gasteiger partial charge in [-0.25, -0.2) is 8.42 Å². The summed E-state index contributed by atoms with van der Waals surface area (Å²) >= 11 is 3.35. The van der Waals surface area contributed by atoms with E-state index in [2.05, 4.69) is 20.7 Å². The molecule has 6 heteroatoms. The maximum Gasteiger partial charge on any atom is 0.261 e. The van der Waals surface area contributed by atoms with Crippen LogP contribution in [0.2, 0.25) is 0 Å². The molecule has 0 aliphatic heterocycles. The van der Waals surface area contributed by atoms with Gasteiger partial charge < -0.3 is 5.73 Å². The van der Waals surface area contributed by atoms with Gasteiger partial charge in [0, 0.05) is 11.0 Å². The molecule has 2 rings (SSSR count). The van der Waals surface area contributed by atoms with Crippen molar-refractivity contribution in [2.24, 2.45) is 5.73 Å². The van der Waals surface area contributed by atoms with Gasteiger partial charge >= 0.3 is 0 Å². The van der Waals surface area contributed by atoms with E-state index in [0.29, 0.717) is 16.7 Å². The normalized spacial score (nSPS) is 11.4. The molecular weight excluding hydrogens is 352 g/mol. The quantitative estimate of drug-likeness (QED) is 0.869. The highest BCUT2D eigenvalue weighted by atomic mass is 79.9. The molecule has 0 spiro atoms. The third kappa shape index (κ3) is 3.64. The number of anilines is 1. The number of aryl methyl sites for hydroxylation is 2. The first-order chi connectivity index (χ1) is 9.83. The molecule has 3 N–H and O–H groups in total. The zero-order chi connectivity index (χ0) is 15.6. The molecule has 0 radical (unpaired) electrons. The van der Waals surface area contributed by atoms with Crippen molar-refractivity contribution in [2.45, 2.75) is 25.3 Å².